The number of benzene rings is 3. The molecule has 1 aliphatic heterocycles. The van der Waals surface area contributed by atoms with Crippen LogP contribution in [0.5, 0.6) is 11.5 Å². The Balaban J connectivity index is 1.69. The van der Waals surface area contributed by atoms with Gasteiger partial charge in [-0.05, 0) is 82.1 Å². The minimum Gasteiger partial charge on any atom is -0.497 e. The van der Waals surface area contributed by atoms with Gasteiger partial charge >= 0.3 is 0 Å². The van der Waals surface area contributed by atoms with E-state index in [1.807, 2.05) is 65.0 Å². The molecule has 1 amide bonds. The zero-order valence-electron chi connectivity index (χ0n) is 22.2. The van der Waals surface area contributed by atoms with Gasteiger partial charge in [0.2, 0.25) is 5.91 Å². The van der Waals surface area contributed by atoms with E-state index in [2.05, 4.69) is 5.32 Å². The molecule has 7 nitrogen and oxygen atoms in total. The second-order valence-corrected chi connectivity index (χ2v) is 12.1. The maximum absolute atomic E-state index is 13.8. The van der Waals surface area contributed by atoms with Gasteiger partial charge in [0.15, 0.2) is 0 Å². The van der Waals surface area contributed by atoms with Crippen LogP contribution < -0.4 is 19.1 Å². The van der Waals surface area contributed by atoms with Crippen molar-refractivity contribution in [3.05, 3.63) is 82.9 Å². The van der Waals surface area contributed by atoms with Crippen LogP contribution in [0.15, 0.2) is 65.6 Å². The minimum absolute atomic E-state index is 0.133. The van der Waals surface area contributed by atoms with Gasteiger partial charge < -0.3 is 14.8 Å². The van der Waals surface area contributed by atoms with Crippen LogP contribution >= 0.6 is 0 Å². The maximum atomic E-state index is 13.8. The zero-order chi connectivity index (χ0) is 27.0. The largest absolute Gasteiger partial charge is 0.497 e. The van der Waals surface area contributed by atoms with Gasteiger partial charge in [0, 0.05) is 12.0 Å². The Morgan fingerprint density at radius 2 is 1.70 bits per heavy atom. The summed E-state index contributed by atoms with van der Waals surface area (Å²) in [6.07, 6.45) is 0.521. The molecule has 4 rings (SSSR count). The number of hydrogen-bond acceptors (Lipinski definition) is 5. The fourth-order valence-electron chi connectivity index (χ4n) is 4.58. The van der Waals surface area contributed by atoms with Crippen LogP contribution in [0.2, 0.25) is 0 Å². The number of aryl methyl sites for hydroxylation is 3. The summed E-state index contributed by atoms with van der Waals surface area (Å²) in [5.74, 6) is 0.911. The molecule has 3 aromatic rings. The Morgan fingerprint density at radius 1 is 1.03 bits per heavy atom. The molecule has 0 fully saturated rings. The van der Waals surface area contributed by atoms with E-state index in [1.165, 1.54) is 4.31 Å². The third-order valence-electron chi connectivity index (χ3n) is 6.54. The number of anilines is 1. The standard InChI is InChI=1S/C29H34N2O5S/c1-19-8-12-23(13-9-19)37(33,34)31(26-15-20(2)7-10-21(26)3)18-28(32)30-25-17-29(4,5)36-27-14-11-22(35-6)16-24(25)27/h7-16,25H,17-18H2,1-6H3,(H,30,32). The average Bonchev–Trinajstić information content (AvgIpc) is 2.83. The third kappa shape index (κ3) is 5.74. The molecule has 1 unspecified atom stereocenters. The Hall–Kier alpha value is -3.52. The number of carbonyl (C=O) groups excluding carboxylic acids is 1. The molecular formula is C29H34N2O5S. The van der Waals surface area contributed by atoms with E-state index in [9.17, 15) is 13.2 Å². The van der Waals surface area contributed by atoms with Crippen molar-refractivity contribution in [2.45, 2.75) is 57.6 Å². The van der Waals surface area contributed by atoms with Crippen molar-refractivity contribution in [3.8, 4) is 11.5 Å². The smallest absolute Gasteiger partial charge is 0.264 e. The third-order valence-corrected chi connectivity index (χ3v) is 8.31. The van der Waals surface area contributed by atoms with Gasteiger partial charge in [-0.15, -0.1) is 0 Å². The van der Waals surface area contributed by atoms with Crippen molar-refractivity contribution in [3.63, 3.8) is 0 Å². The van der Waals surface area contributed by atoms with E-state index < -0.39 is 21.5 Å². The molecule has 8 heteroatoms. The van der Waals surface area contributed by atoms with Crippen molar-refractivity contribution in [2.24, 2.45) is 0 Å². The summed E-state index contributed by atoms with van der Waals surface area (Å²) >= 11 is 0. The lowest BCUT2D eigenvalue weighted by atomic mass is 9.89. The van der Waals surface area contributed by atoms with Crippen molar-refractivity contribution < 1.29 is 22.7 Å². The molecule has 0 saturated heterocycles. The van der Waals surface area contributed by atoms with Crippen LogP contribution in [-0.2, 0) is 14.8 Å². The number of carbonyl (C=O) groups is 1. The summed E-state index contributed by atoms with van der Waals surface area (Å²) in [6.45, 7) is 9.20. The van der Waals surface area contributed by atoms with Gasteiger partial charge in [-0.2, -0.15) is 0 Å². The lowest BCUT2D eigenvalue weighted by Gasteiger charge is -2.38. The molecular weight excluding hydrogens is 488 g/mol. The van der Waals surface area contributed by atoms with Gasteiger partial charge in [0.05, 0.1) is 23.7 Å². The molecule has 1 N–H and O–H groups in total. The molecule has 0 spiro atoms. The number of hydrogen-bond donors (Lipinski definition) is 1. The molecule has 0 aliphatic carbocycles. The number of sulfonamides is 1. The maximum Gasteiger partial charge on any atom is 0.264 e. The van der Waals surface area contributed by atoms with Gasteiger partial charge in [-0.3, -0.25) is 9.10 Å². The lowest BCUT2D eigenvalue weighted by Crippen LogP contribution is -2.45. The summed E-state index contributed by atoms with van der Waals surface area (Å²) in [6, 6.07) is 17.4. The van der Waals surface area contributed by atoms with E-state index >= 15 is 0 Å². The summed E-state index contributed by atoms with van der Waals surface area (Å²) < 4.78 is 40.4. The second kappa shape index (κ2) is 10.1. The van der Waals surface area contributed by atoms with Crippen molar-refractivity contribution in [1.82, 2.24) is 5.32 Å². The minimum atomic E-state index is -4.01. The fraction of sp³-hybridized carbons (Fsp3) is 0.345. The topological polar surface area (TPSA) is 84.9 Å². The van der Waals surface area contributed by atoms with Crippen molar-refractivity contribution in [1.29, 1.82) is 0 Å². The Kier molecular flexibility index (Phi) is 7.24. The number of rotatable bonds is 7. The van der Waals surface area contributed by atoms with Crippen LogP contribution in [0.3, 0.4) is 0 Å². The molecule has 1 heterocycles. The summed E-state index contributed by atoms with van der Waals surface area (Å²) in [5, 5.41) is 3.07. The summed E-state index contributed by atoms with van der Waals surface area (Å²) in [5.41, 5.74) is 3.37. The molecule has 1 aliphatic rings. The second-order valence-electron chi connectivity index (χ2n) is 10.2. The Morgan fingerprint density at radius 3 is 2.38 bits per heavy atom. The molecule has 0 saturated carbocycles. The molecule has 0 bridgehead atoms. The molecule has 3 aromatic carbocycles. The molecule has 1 atom stereocenters. The highest BCUT2D eigenvalue weighted by atomic mass is 32.2. The first-order chi connectivity index (χ1) is 17.4. The fourth-order valence-corrected chi connectivity index (χ4v) is 6.06. The Bertz CT molecular complexity index is 1410. The lowest BCUT2D eigenvalue weighted by molar-refractivity contribution is -0.120. The molecule has 0 aromatic heterocycles. The number of ether oxygens (including phenoxy) is 2. The molecule has 196 valence electrons. The van der Waals surface area contributed by atoms with Crippen molar-refractivity contribution in [2.75, 3.05) is 18.0 Å². The number of fused-ring (bicyclic) bond motifs is 1. The highest BCUT2D eigenvalue weighted by Gasteiger charge is 2.36. The number of nitrogens with zero attached hydrogens (tertiary/aromatic N) is 1. The van der Waals surface area contributed by atoms with Crippen LogP contribution in [0.4, 0.5) is 5.69 Å². The van der Waals surface area contributed by atoms with Crippen molar-refractivity contribution >= 4 is 21.6 Å². The molecule has 37 heavy (non-hydrogen) atoms. The number of methoxy groups -OCH3 is 1. The number of amides is 1. The summed E-state index contributed by atoms with van der Waals surface area (Å²) in [4.78, 5) is 13.6. The van der Waals surface area contributed by atoms with Crippen LogP contribution in [0.25, 0.3) is 0 Å². The SMILES string of the molecule is COc1ccc2c(c1)C(NC(=O)CN(c1cc(C)ccc1C)S(=O)(=O)c1ccc(C)cc1)CC(C)(C)O2. The first-order valence-electron chi connectivity index (χ1n) is 12.2. The van der Waals surface area contributed by atoms with Gasteiger partial charge in [-0.25, -0.2) is 8.42 Å². The van der Waals surface area contributed by atoms with Gasteiger partial charge in [-0.1, -0.05) is 29.8 Å². The predicted molar refractivity (Wildman–Crippen MR) is 145 cm³/mol. The monoisotopic (exact) mass is 522 g/mol. The highest BCUT2D eigenvalue weighted by Crippen LogP contribution is 2.41. The van der Waals surface area contributed by atoms with E-state index in [4.69, 9.17) is 9.47 Å². The van der Waals surface area contributed by atoms with E-state index in [0.29, 0.717) is 23.6 Å². The quantitative estimate of drug-likeness (QED) is 0.459. The molecule has 0 radical (unpaired) electrons. The van der Waals surface area contributed by atoms with E-state index in [1.54, 1.807) is 37.4 Å². The zero-order valence-corrected chi connectivity index (χ0v) is 23.0. The summed E-state index contributed by atoms with van der Waals surface area (Å²) in [7, 11) is -2.43. The predicted octanol–water partition coefficient (Wildman–Crippen LogP) is 5.23. The van der Waals surface area contributed by atoms with Crippen LogP contribution in [0, 0.1) is 20.8 Å². The van der Waals surface area contributed by atoms with E-state index in [-0.39, 0.29) is 17.5 Å². The van der Waals surface area contributed by atoms with Gasteiger partial charge in [0.25, 0.3) is 10.0 Å². The van der Waals surface area contributed by atoms with Crippen LogP contribution in [0.1, 0.15) is 48.6 Å². The normalized spacial score (nSPS) is 16.3. The number of nitrogens with one attached hydrogen (secondary N) is 1. The first-order valence-corrected chi connectivity index (χ1v) is 13.7. The van der Waals surface area contributed by atoms with Crippen LogP contribution in [-0.4, -0.2) is 33.6 Å². The van der Waals surface area contributed by atoms with E-state index in [0.717, 1.165) is 22.3 Å². The van der Waals surface area contributed by atoms with Gasteiger partial charge in [0.1, 0.15) is 23.6 Å². The Labute approximate surface area is 219 Å². The first kappa shape index (κ1) is 26.5. The average molecular weight is 523 g/mol. The highest BCUT2D eigenvalue weighted by molar-refractivity contribution is 7.92.